The van der Waals surface area contributed by atoms with Crippen LogP contribution in [0.1, 0.15) is 16.8 Å². The Kier molecular flexibility index (Phi) is 4.85. The minimum atomic E-state index is -0.0501. The molecule has 1 aromatic carbocycles. The third-order valence-corrected chi connectivity index (χ3v) is 2.82. The fourth-order valence-electron chi connectivity index (χ4n) is 2.06. The van der Waals surface area contributed by atoms with Crippen molar-refractivity contribution in [1.82, 2.24) is 10.3 Å². The third-order valence-electron chi connectivity index (χ3n) is 2.82. The number of aryl methyl sites for hydroxylation is 2. The number of anilines is 1. The van der Waals surface area contributed by atoms with Crippen LogP contribution in [0.2, 0.25) is 0 Å². The minimum Gasteiger partial charge on any atom is -0.325 e. The Morgan fingerprint density at radius 3 is 2.55 bits per heavy atom. The number of nitrogens with one attached hydrogen (secondary N) is 2. The summed E-state index contributed by atoms with van der Waals surface area (Å²) >= 11 is 0. The Balaban J connectivity index is 1.81. The predicted octanol–water partition coefficient (Wildman–Crippen LogP) is 2.43. The van der Waals surface area contributed by atoms with Crippen LogP contribution >= 0.6 is 0 Å². The van der Waals surface area contributed by atoms with Crippen molar-refractivity contribution in [2.45, 2.75) is 20.4 Å². The van der Waals surface area contributed by atoms with Crippen molar-refractivity contribution in [3.63, 3.8) is 0 Å². The normalized spacial score (nSPS) is 10.3. The van der Waals surface area contributed by atoms with E-state index in [1.54, 1.807) is 6.20 Å². The van der Waals surface area contributed by atoms with E-state index in [-0.39, 0.29) is 12.5 Å². The first kappa shape index (κ1) is 14.2. The van der Waals surface area contributed by atoms with E-state index in [2.05, 4.69) is 21.7 Å². The van der Waals surface area contributed by atoms with E-state index in [1.165, 1.54) is 0 Å². The standard InChI is InChI=1S/C16H19N3O/c1-12-7-13(2)9-15(8-12)19-16(20)11-17-10-14-5-3-4-6-18-14/h3-9,17H,10-11H2,1-2H3,(H,19,20). The van der Waals surface area contributed by atoms with Gasteiger partial charge in [-0.1, -0.05) is 12.1 Å². The number of carbonyl (C=O) groups is 1. The maximum atomic E-state index is 11.8. The largest absolute Gasteiger partial charge is 0.325 e. The molecule has 104 valence electrons. The van der Waals surface area contributed by atoms with Gasteiger partial charge in [-0.05, 0) is 49.2 Å². The Bertz CT molecular complexity index is 561. The van der Waals surface area contributed by atoms with E-state index in [0.717, 1.165) is 22.5 Å². The second kappa shape index (κ2) is 6.82. The Hall–Kier alpha value is -2.20. The first-order valence-electron chi connectivity index (χ1n) is 6.62. The lowest BCUT2D eigenvalue weighted by Crippen LogP contribution is -2.28. The number of nitrogens with zero attached hydrogens (tertiary/aromatic N) is 1. The fraction of sp³-hybridized carbons (Fsp3) is 0.250. The van der Waals surface area contributed by atoms with Crippen LogP contribution in [0, 0.1) is 13.8 Å². The first-order valence-corrected chi connectivity index (χ1v) is 6.62. The molecule has 0 saturated heterocycles. The molecular weight excluding hydrogens is 250 g/mol. The summed E-state index contributed by atoms with van der Waals surface area (Å²) in [6.45, 7) is 4.88. The number of rotatable bonds is 5. The molecule has 0 radical (unpaired) electrons. The lowest BCUT2D eigenvalue weighted by atomic mass is 10.1. The average molecular weight is 269 g/mol. The van der Waals surface area contributed by atoms with Crippen molar-refractivity contribution in [1.29, 1.82) is 0 Å². The number of benzene rings is 1. The van der Waals surface area contributed by atoms with E-state index in [1.807, 2.05) is 44.2 Å². The second-order valence-corrected chi connectivity index (χ2v) is 4.85. The van der Waals surface area contributed by atoms with Gasteiger partial charge in [-0.2, -0.15) is 0 Å². The van der Waals surface area contributed by atoms with Gasteiger partial charge in [-0.15, -0.1) is 0 Å². The molecule has 0 spiro atoms. The SMILES string of the molecule is Cc1cc(C)cc(NC(=O)CNCc2ccccn2)c1. The van der Waals surface area contributed by atoms with Crippen molar-refractivity contribution < 1.29 is 4.79 Å². The van der Waals surface area contributed by atoms with Crippen LogP contribution in [-0.4, -0.2) is 17.4 Å². The van der Waals surface area contributed by atoms with Crippen molar-refractivity contribution in [3.05, 3.63) is 59.4 Å². The maximum Gasteiger partial charge on any atom is 0.238 e. The van der Waals surface area contributed by atoms with Gasteiger partial charge in [0, 0.05) is 18.4 Å². The molecule has 0 unspecified atom stereocenters. The van der Waals surface area contributed by atoms with Gasteiger partial charge in [0.25, 0.3) is 0 Å². The predicted molar refractivity (Wildman–Crippen MR) is 80.5 cm³/mol. The summed E-state index contributed by atoms with van der Waals surface area (Å²) in [5, 5.41) is 5.96. The zero-order valence-electron chi connectivity index (χ0n) is 11.8. The topological polar surface area (TPSA) is 54.0 Å². The Morgan fingerprint density at radius 2 is 1.90 bits per heavy atom. The molecule has 2 N–H and O–H groups in total. The van der Waals surface area contributed by atoms with E-state index >= 15 is 0 Å². The van der Waals surface area contributed by atoms with Crippen LogP contribution in [0.3, 0.4) is 0 Å². The summed E-state index contributed by atoms with van der Waals surface area (Å²) in [7, 11) is 0. The molecule has 0 saturated carbocycles. The van der Waals surface area contributed by atoms with Crippen LogP contribution in [0.15, 0.2) is 42.6 Å². The molecular formula is C16H19N3O. The van der Waals surface area contributed by atoms with Gasteiger partial charge < -0.3 is 10.6 Å². The van der Waals surface area contributed by atoms with Crippen LogP contribution in [-0.2, 0) is 11.3 Å². The van der Waals surface area contributed by atoms with Gasteiger partial charge in [-0.3, -0.25) is 9.78 Å². The van der Waals surface area contributed by atoms with Crippen molar-refractivity contribution in [3.8, 4) is 0 Å². The van der Waals surface area contributed by atoms with Gasteiger partial charge in [0.2, 0.25) is 5.91 Å². The molecule has 0 aliphatic carbocycles. The monoisotopic (exact) mass is 269 g/mol. The smallest absolute Gasteiger partial charge is 0.238 e. The lowest BCUT2D eigenvalue weighted by molar-refractivity contribution is -0.115. The molecule has 0 fully saturated rings. The highest BCUT2D eigenvalue weighted by Crippen LogP contribution is 2.13. The van der Waals surface area contributed by atoms with Crippen molar-refractivity contribution in [2.75, 3.05) is 11.9 Å². The molecule has 1 amide bonds. The molecule has 1 heterocycles. The summed E-state index contributed by atoms with van der Waals surface area (Å²) < 4.78 is 0. The molecule has 20 heavy (non-hydrogen) atoms. The van der Waals surface area contributed by atoms with Crippen LogP contribution in [0.25, 0.3) is 0 Å². The zero-order chi connectivity index (χ0) is 14.4. The lowest BCUT2D eigenvalue weighted by Gasteiger charge is -2.08. The van der Waals surface area contributed by atoms with Gasteiger partial charge in [0.1, 0.15) is 0 Å². The molecule has 0 atom stereocenters. The van der Waals surface area contributed by atoms with Crippen LogP contribution in [0.5, 0.6) is 0 Å². The summed E-state index contributed by atoms with van der Waals surface area (Å²) in [6.07, 6.45) is 1.74. The summed E-state index contributed by atoms with van der Waals surface area (Å²) in [5.41, 5.74) is 4.04. The fourth-order valence-corrected chi connectivity index (χ4v) is 2.06. The molecule has 2 rings (SSSR count). The first-order chi connectivity index (χ1) is 9.63. The van der Waals surface area contributed by atoms with Gasteiger partial charge in [-0.25, -0.2) is 0 Å². The van der Waals surface area contributed by atoms with Crippen LogP contribution in [0.4, 0.5) is 5.69 Å². The maximum absolute atomic E-state index is 11.8. The number of hydrogen-bond donors (Lipinski definition) is 2. The minimum absolute atomic E-state index is 0.0501. The number of aromatic nitrogens is 1. The van der Waals surface area contributed by atoms with Crippen molar-refractivity contribution >= 4 is 11.6 Å². The molecule has 0 bridgehead atoms. The molecule has 0 aliphatic rings. The highest BCUT2D eigenvalue weighted by atomic mass is 16.1. The van der Waals surface area contributed by atoms with Gasteiger partial charge in [0.05, 0.1) is 12.2 Å². The van der Waals surface area contributed by atoms with Gasteiger partial charge in [0.15, 0.2) is 0 Å². The molecule has 4 heteroatoms. The van der Waals surface area contributed by atoms with E-state index in [4.69, 9.17) is 0 Å². The third kappa shape index (κ3) is 4.48. The number of pyridine rings is 1. The Morgan fingerprint density at radius 1 is 1.15 bits per heavy atom. The average Bonchev–Trinajstić information content (AvgIpc) is 2.38. The summed E-state index contributed by atoms with van der Waals surface area (Å²) in [6, 6.07) is 11.7. The molecule has 4 nitrogen and oxygen atoms in total. The van der Waals surface area contributed by atoms with E-state index < -0.39 is 0 Å². The quantitative estimate of drug-likeness (QED) is 0.876. The highest BCUT2D eigenvalue weighted by molar-refractivity contribution is 5.92. The van der Waals surface area contributed by atoms with Gasteiger partial charge >= 0.3 is 0 Å². The molecule has 2 aromatic rings. The number of carbonyl (C=O) groups excluding carboxylic acids is 1. The number of amides is 1. The highest BCUT2D eigenvalue weighted by Gasteiger charge is 2.03. The van der Waals surface area contributed by atoms with E-state index in [9.17, 15) is 4.79 Å². The second-order valence-electron chi connectivity index (χ2n) is 4.85. The molecule has 1 aromatic heterocycles. The molecule has 0 aliphatic heterocycles. The number of hydrogen-bond acceptors (Lipinski definition) is 3. The van der Waals surface area contributed by atoms with E-state index in [0.29, 0.717) is 6.54 Å². The van der Waals surface area contributed by atoms with Crippen molar-refractivity contribution in [2.24, 2.45) is 0 Å². The summed E-state index contributed by atoms with van der Waals surface area (Å²) in [5.74, 6) is -0.0501. The zero-order valence-corrected chi connectivity index (χ0v) is 11.8. The summed E-state index contributed by atoms with van der Waals surface area (Å²) in [4.78, 5) is 16.0. The Labute approximate surface area is 119 Å². The van der Waals surface area contributed by atoms with Crippen LogP contribution < -0.4 is 10.6 Å².